The lowest BCUT2D eigenvalue weighted by molar-refractivity contribution is 1.08. The maximum Gasteiger partial charge on any atom is 0.252 e. The molecule has 0 amide bonds. The zero-order valence-electron chi connectivity index (χ0n) is 25.6. The summed E-state index contributed by atoms with van der Waals surface area (Å²) in [5.41, 5.74) is 17.9. The van der Waals surface area contributed by atoms with Gasteiger partial charge in [0.15, 0.2) is 0 Å². The van der Waals surface area contributed by atoms with Crippen LogP contribution in [0.25, 0.3) is 27.5 Å². The summed E-state index contributed by atoms with van der Waals surface area (Å²) in [5.74, 6) is 0. The molecule has 11 rings (SSSR count). The van der Waals surface area contributed by atoms with Crippen LogP contribution in [-0.4, -0.2) is 11.3 Å². The van der Waals surface area contributed by atoms with Gasteiger partial charge in [-0.1, -0.05) is 109 Å². The van der Waals surface area contributed by atoms with Crippen LogP contribution in [0.2, 0.25) is 0 Å². The van der Waals surface area contributed by atoms with E-state index in [1.54, 1.807) is 0 Å². The number of nitrogens with zero attached hydrogens (tertiary/aromatic N) is 3. The van der Waals surface area contributed by atoms with Gasteiger partial charge in [-0.05, 0) is 76.0 Å². The van der Waals surface area contributed by atoms with Crippen molar-refractivity contribution in [1.29, 1.82) is 0 Å². The van der Waals surface area contributed by atoms with Crippen LogP contribution in [0.3, 0.4) is 0 Å². The Morgan fingerprint density at radius 1 is 0.426 bits per heavy atom. The fourth-order valence-electron chi connectivity index (χ4n) is 8.70. The second-order valence-corrected chi connectivity index (χ2v) is 12.9. The summed E-state index contributed by atoms with van der Waals surface area (Å²) in [6.07, 6.45) is 0.933. The molecule has 3 nitrogen and oxygen atoms in total. The van der Waals surface area contributed by atoms with Gasteiger partial charge in [0.25, 0.3) is 6.71 Å². The van der Waals surface area contributed by atoms with Gasteiger partial charge >= 0.3 is 0 Å². The fourth-order valence-corrected chi connectivity index (χ4v) is 8.70. The molecule has 0 saturated carbocycles. The standard InChI is InChI=1S/C43H28BN3/c1-2-15-30(16-3-1)45-39-24-11-7-19-34(39)44-35-20-12-18-33-32-17-6-10-23-38(32)47(43(33)35)41-27-31(26-40(45)42(41)44)46-36-21-8-4-13-28(36)25-29-14-5-9-22-37(29)46/h1-24,26-27H,25H2. The zero-order chi connectivity index (χ0) is 30.6. The number of para-hydroxylation sites is 6. The molecule has 1 aromatic heterocycles. The minimum absolute atomic E-state index is 0.117. The highest BCUT2D eigenvalue weighted by atomic mass is 15.2. The SMILES string of the molecule is c1ccc(N2c3ccccc3B3c4c2cc(N2c5ccccc5Cc5ccccc52)cc4-n2c4ccccc4c4cccc3c42)cc1. The molecule has 0 aliphatic carbocycles. The van der Waals surface area contributed by atoms with Crippen molar-refractivity contribution in [2.45, 2.75) is 6.42 Å². The Balaban J connectivity index is 1.32. The Labute approximate surface area is 273 Å². The maximum absolute atomic E-state index is 2.55. The molecule has 0 bridgehead atoms. The Morgan fingerprint density at radius 2 is 1.02 bits per heavy atom. The summed E-state index contributed by atoms with van der Waals surface area (Å²) in [7, 11) is 0. The van der Waals surface area contributed by atoms with Crippen LogP contribution >= 0.6 is 0 Å². The molecular weight excluding hydrogens is 569 g/mol. The van der Waals surface area contributed by atoms with E-state index in [-0.39, 0.29) is 6.71 Å². The second-order valence-electron chi connectivity index (χ2n) is 12.9. The van der Waals surface area contributed by atoms with Crippen LogP contribution < -0.4 is 26.2 Å². The lowest BCUT2D eigenvalue weighted by Crippen LogP contribution is -2.60. The van der Waals surface area contributed by atoms with Crippen molar-refractivity contribution in [3.63, 3.8) is 0 Å². The molecule has 3 aliphatic rings. The van der Waals surface area contributed by atoms with Gasteiger partial charge in [0, 0.05) is 56.8 Å². The van der Waals surface area contributed by atoms with E-state index >= 15 is 0 Å². The third kappa shape index (κ3) is 3.32. The number of anilines is 6. The monoisotopic (exact) mass is 597 g/mol. The largest absolute Gasteiger partial charge is 0.311 e. The Hall–Kier alpha value is -6.00. The predicted molar refractivity (Wildman–Crippen MR) is 198 cm³/mol. The van der Waals surface area contributed by atoms with Gasteiger partial charge in [-0.2, -0.15) is 0 Å². The molecule has 3 aliphatic heterocycles. The summed E-state index contributed by atoms with van der Waals surface area (Å²) in [4.78, 5) is 4.99. The fraction of sp³-hybridized carbons (Fsp3) is 0.0233. The summed E-state index contributed by atoms with van der Waals surface area (Å²) in [6.45, 7) is 0.117. The van der Waals surface area contributed by atoms with Gasteiger partial charge in [0.05, 0.1) is 11.2 Å². The third-order valence-corrected chi connectivity index (χ3v) is 10.5. The number of aromatic nitrogens is 1. The van der Waals surface area contributed by atoms with E-state index in [4.69, 9.17) is 0 Å². The van der Waals surface area contributed by atoms with Crippen LogP contribution in [0.5, 0.6) is 0 Å². The van der Waals surface area contributed by atoms with Crippen LogP contribution in [0, 0.1) is 0 Å². The molecule has 0 atom stereocenters. The first-order chi connectivity index (χ1) is 23.3. The summed E-state index contributed by atoms with van der Waals surface area (Å²) < 4.78 is 2.55. The average molecular weight is 598 g/mol. The third-order valence-electron chi connectivity index (χ3n) is 10.5. The van der Waals surface area contributed by atoms with Crippen molar-refractivity contribution < 1.29 is 0 Å². The number of hydrogen-bond acceptors (Lipinski definition) is 2. The maximum atomic E-state index is 2.55. The molecule has 47 heavy (non-hydrogen) atoms. The van der Waals surface area contributed by atoms with Gasteiger partial charge in [0.1, 0.15) is 0 Å². The molecular formula is C43H28BN3. The molecule has 218 valence electrons. The van der Waals surface area contributed by atoms with Gasteiger partial charge < -0.3 is 14.4 Å². The number of rotatable bonds is 2. The van der Waals surface area contributed by atoms with Crippen LogP contribution in [-0.2, 0) is 6.42 Å². The zero-order valence-corrected chi connectivity index (χ0v) is 25.6. The topological polar surface area (TPSA) is 11.4 Å². The van der Waals surface area contributed by atoms with Crippen LogP contribution in [0.4, 0.5) is 34.1 Å². The minimum Gasteiger partial charge on any atom is -0.311 e. The van der Waals surface area contributed by atoms with Crippen LogP contribution in [0.1, 0.15) is 11.1 Å². The smallest absolute Gasteiger partial charge is 0.252 e. The number of hydrogen-bond donors (Lipinski definition) is 0. The van der Waals surface area contributed by atoms with E-state index in [2.05, 4.69) is 172 Å². The quantitative estimate of drug-likeness (QED) is 0.185. The summed E-state index contributed by atoms with van der Waals surface area (Å²) >= 11 is 0. The second kappa shape index (κ2) is 9.28. The average Bonchev–Trinajstić information content (AvgIpc) is 3.47. The Morgan fingerprint density at radius 3 is 1.83 bits per heavy atom. The van der Waals surface area contributed by atoms with E-state index in [9.17, 15) is 0 Å². The van der Waals surface area contributed by atoms with E-state index in [1.807, 2.05) is 0 Å². The molecule has 0 N–H and O–H groups in total. The predicted octanol–water partition coefficient (Wildman–Crippen LogP) is 8.77. The van der Waals surface area contributed by atoms with Gasteiger partial charge in [-0.25, -0.2) is 0 Å². The summed E-state index contributed by atoms with van der Waals surface area (Å²) in [6, 6.07) is 58.4. The normalized spacial score (nSPS) is 13.7. The van der Waals surface area contributed by atoms with E-state index in [0.29, 0.717) is 0 Å². The van der Waals surface area contributed by atoms with Crippen molar-refractivity contribution in [3.05, 3.63) is 169 Å². The highest BCUT2D eigenvalue weighted by Crippen LogP contribution is 2.48. The van der Waals surface area contributed by atoms with E-state index < -0.39 is 0 Å². The molecule has 0 radical (unpaired) electrons. The first-order valence-electron chi connectivity index (χ1n) is 16.5. The summed E-state index contributed by atoms with van der Waals surface area (Å²) in [5, 5.41) is 2.61. The molecule has 0 fully saturated rings. The van der Waals surface area contributed by atoms with Gasteiger partial charge in [0.2, 0.25) is 0 Å². The number of fused-ring (bicyclic) bond motifs is 9. The molecule has 0 unspecified atom stereocenters. The van der Waals surface area contributed by atoms with Gasteiger partial charge in [-0.15, -0.1) is 0 Å². The molecule has 7 aromatic carbocycles. The van der Waals surface area contributed by atoms with Crippen LogP contribution in [0.15, 0.2) is 158 Å². The van der Waals surface area contributed by atoms with Crippen molar-refractivity contribution in [3.8, 4) is 5.69 Å². The Kier molecular flexibility index (Phi) is 4.98. The van der Waals surface area contributed by atoms with Crippen molar-refractivity contribution in [1.82, 2.24) is 4.57 Å². The first kappa shape index (κ1) is 25.2. The Bertz CT molecular complexity index is 2540. The molecule has 0 saturated heterocycles. The lowest BCUT2D eigenvalue weighted by Gasteiger charge is -2.42. The molecule has 4 heteroatoms. The highest BCUT2D eigenvalue weighted by Gasteiger charge is 2.42. The number of benzene rings is 7. The molecule has 0 spiro atoms. The highest BCUT2D eigenvalue weighted by molar-refractivity contribution is 7.00. The van der Waals surface area contributed by atoms with Crippen molar-refractivity contribution in [2.75, 3.05) is 9.80 Å². The lowest BCUT2D eigenvalue weighted by atomic mass is 9.34. The van der Waals surface area contributed by atoms with Crippen molar-refractivity contribution >= 4 is 79.0 Å². The molecule has 4 heterocycles. The molecule has 8 aromatic rings. The minimum atomic E-state index is 0.117. The van der Waals surface area contributed by atoms with E-state index in [1.165, 1.54) is 89.1 Å². The first-order valence-corrected chi connectivity index (χ1v) is 16.5. The van der Waals surface area contributed by atoms with Crippen molar-refractivity contribution in [2.24, 2.45) is 0 Å². The van der Waals surface area contributed by atoms with E-state index in [0.717, 1.165) is 6.42 Å². The van der Waals surface area contributed by atoms with Gasteiger partial charge in [-0.3, -0.25) is 0 Å².